The summed E-state index contributed by atoms with van der Waals surface area (Å²) in [6.45, 7) is 2.01. The van der Waals surface area contributed by atoms with Crippen LogP contribution >= 0.6 is 0 Å². The van der Waals surface area contributed by atoms with Crippen molar-refractivity contribution < 1.29 is 18.9 Å². The van der Waals surface area contributed by atoms with Crippen molar-refractivity contribution in [3.63, 3.8) is 0 Å². The first-order valence-electron chi connectivity index (χ1n) is 4.59. The highest BCUT2D eigenvalue weighted by Crippen LogP contribution is 2.25. The molecule has 2 atom stereocenters. The highest BCUT2D eigenvalue weighted by Gasteiger charge is 2.50. The van der Waals surface area contributed by atoms with Crippen LogP contribution in [0, 0.1) is 0 Å². The van der Waals surface area contributed by atoms with Gasteiger partial charge in [0.15, 0.2) is 0 Å². The van der Waals surface area contributed by atoms with Crippen LogP contribution in [0.4, 0.5) is 0 Å². The van der Waals surface area contributed by atoms with Gasteiger partial charge in [-0.1, -0.05) is 6.92 Å². The number of hydrogen-bond donors (Lipinski definition) is 2. The quantitative estimate of drug-likeness (QED) is 0.673. The molecule has 15 heavy (non-hydrogen) atoms. The maximum absolute atomic E-state index is 11.4. The van der Waals surface area contributed by atoms with Crippen LogP contribution in [0.1, 0.15) is 19.8 Å². The molecule has 2 unspecified atom stereocenters. The molecule has 0 spiro atoms. The number of likely N-dealkylation sites (N-methyl/N-ethyl adjacent to an activating group) is 1. The normalized spacial score (nSPS) is 27.8. The van der Waals surface area contributed by atoms with Crippen LogP contribution < -0.4 is 5.32 Å². The lowest BCUT2D eigenvalue weighted by molar-refractivity contribution is -0.150. The van der Waals surface area contributed by atoms with Gasteiger partial charge >= 0.3 is 5.97 Å². The van der Waals surface area contributed by atoms with Crippen molar-refractivity contribution in [1.82, 2.24) is 9.62 Å². The topological polar surface area (TPSA) is 86.7 Å². The second kappa shape index (κ2) is 4.28. The summed E-state index contributed by atoms with van der Waals surface area (Å²) in [4.78, 5) is 22.3. The number of rotatable bonds is 4. The fourth-order valence-corrected chi connectivity index (χ4v) is 2.79. The molecular weight excluding hydrogens is 220 g/mol. The van der Waals surface area contributed by atoms with Gasteiger partial charge in [-0.3, -0.25) is 4.79 Å². The Labute approximate surface area is 90.2 Å². The van der Waals surface area contributed by atoms with E-state index in [-0.39, 0.29) is 18.7 Å². The van der Waals surface area contributed by atoms with E-state index in [9.17, 15) is 13.8 Å². The first kappa shape index (κ1) is 12.1. The molecule has 0 aliphatic carbocycles. The zero-order chi connectivity index (χ0) is 11.6. The summed E-state index contributed by atoms with van der Waals surface area (Å²) in [7, 11) is -1.43. The summed E-state index contributed by atoms with van der Waals surface area (Å²) in [5, 5.41) is 11.5. The fraction of sp³-hybridized carbons (Fsp3) is 0.750. The molecule has 1 aliphatic heterocycles. The van der Waals surface area contributed by atoms with Crippen LogP contribution in [-0.4, -0.2) is 44.0 Å². The number of carbonyl (C=O) groups is 2. The van der Waals surface area contributed by atoms with Crippen molar-refractivity contribution in [1.29, 1.82) is 0 Å². The molecule has 0 aromatic heterocycles. The Hall–Kier alpha value is -0.950. The van der Waals surface area contributed by atoms with Crippen LogP contribution in [-0.2, 0) is 20.6 Å². The van der Waals surface area contributed by atoms with Gasteiger partial charge in [-0.05, 0) is 0 Å². The molecule has 7 heteroatoms. The number of carbonyl (C=O) groups excluding carboxylic acids is 1. The van der Waals surface area contributed by atoms with Crippen molar-refractivity contribution in [2.75, 3.05) is 12.8 Å². The van der Waals surface area contributed by atoms with Crippen LogP contribution in [0.5, 0.6) is 0 Å². The number of hydrogen-bond acceptors (Lipinski definition) is 3. The largest absolute Gasteiger partial charge is 0.478 e. The molecule has 0 aromatic carbocycles. The van der Waals surface area contributed by atoms with Gasteiger partial charge in [-0.25, -0.2) is 9.00 Å². The van der Waals surface area contributed by atoms with Gasteiger partial charge in [-0.15, -0.1) is 0 Å². The van der Waals surface area contributed by atoms with E-state index < -0.39 is 22.6 Å². The summed E-state index contributed by atoms with van der Waals surface area (Å²) in [6, 6.07) is 0. The van der Waals surface area contributed by atoms with Gasteiger partial charge in [0.25, 0.3) is 0 Å². The molecule has 86 valence electrons. The van der Waals surface area contributed by atoms with Crippen molar-refractivity contribution in [2.24, 2.45) is 0 Å². The lowest BCUT2D eigenvalue weighted by atomic mass is 10.1. The smallest absolute Gasteiger partial charge is 0.345 e. The minimum Gasteiger partial charge on any atom is -0.478 e. The fourth-order valence-electron chi connectivity index (χ4n) is 1.78. The standard InChI is InChI=1S/C8H14N2O4S/c1-3-10(15(2)14)8(7(12)13)5-4-6(11)9-8/h3-5H2,1-2H3,(H,9,11)(H,12,13). The third kappa shape index (κ3) is 2.03. The van der Waals surface area contributed by atoms with E-state index in [2.05, 4.69) is 5.32 Å². The maximum Gasteiger partial charge on any atom is 0.345 e. The number of nitrogens with zero attached hydrogens (tertiary/aromatic N) is 1. The first-order chi connectivity index (χ1) is 6.94. The van der Waals surface area contributed by atoms with Crippen LogP contribution in [0.3, 0.4) is 0 Å². The molecule has 0 aromatic rings. The Morgan fingerprint density at radius 2 is 2.33 bits per heavy atom. The Morgan fingerprint density at radius 3 is 2.60 bits per heavy atom. The highest BCUT2D eigenvalue weighted by atomic mass is 32.2. The molecule has 0 radical (unpaired) electrons. The second-order valence-corrected chi connectivity index (χ2v) is 4.62. The molecule has 1 saturated heterocycles. The van der Waals surface area contributed by atoms with Gasteiger partial charge in [-0.2, -0.15) is 4.31 Å². The van der Waals surface area contributed by atoms with E-state index in [0.29, 0.717) is 6.54 Å². The Morgan fingerprint density at radius 1 is 1.73 bits per heavy atom. The van der Waals surface area contributed by atoms with Crippen LogP contribution in [0.2, 0.25) is 0 Å². The molecular formula is C8H14N2O4S. The third-order valence-corrected chi connectivity index (χ3v) is 3.63. The lowest BCUT2D eigenvalue weighted by Crippen LogP contribution is -2.61. The summed E-state index contributed by atoms with van der Waals surface area (Å²) >= 11 is 0. The third-order valence-electron chi connectivity index (χ3n) is 2.44. The Bertz CT molecular complexity index is 320. The monoisotopic (exact) mass is 234 g/mol. The van der Waals surface area contributed by atoms with E-state index >= 15 is 0 Å². The van der Waals surface area contributed by atoms with Gasteiger partial charge in [0.05, 0.1) is 11.0 Å². The molecule has 1 amide bonds. The van der Waals surface area contributed by atoms with E-state index in [1.54, 1.807) is 6.92 Å². The number of nitrogens with one attached hydrogen (secondary N) is 1. The van der Waals surface area contributed by atoms with Gasteiger partial charge in [0, 0.05) is 25.6 Å². The van der Waals surface area contributed by atoms with E-state index in [1.807, 2.05) is 0 Å². The van der Waals surface area contributed by atoms with E-state index in [0.717, 1.165) is 0 Å². The minimum atomic E-state index is -1.49. The number of carboxylic acid groups (broad SMARTS) is 1. The van der Waals surface area contributed by atoms with E-state index in [4.69, 9.17) is 5.11 Å². The zero-order valence-corrected chi connectivity index (χ0v) is 9.47. The minimum absolute atomic E-state index is 0.147. The second-order valence-electron chi connectivity index (χ2n) is 3.33. The Balaban J connectivity index is 3.06. The number of carboxylic acids is 1. The first-order valence-corrected chi connectivity index (χ1v) is 6.11. The lowest BCUT2D eigenvalue weighted by Gasteiger charge is -2.34. The van der Waals surface area contributed by atoms with Crippen molar-refractivity contribution >= 4 is 22.9 Å². The highest BCUT2D eigenvalue weighted by molar-refractivity contribution is 7.81. The van der Waals surface area contributed by atoms with Gasteiger partial charge in [0.2, 0.25) is 11.6 Å². The molecule has 6 nitrogen and oxygen atoms in total. The summed E-state index contributed by atoms with van der Waals surface area (Å²) < 4.78 is 12.7. The van der Waals surface area contributed by atoms with Crippen molar-refractivity contribution in [3.05, 3.63) is 0 Å². The predicted molar refractivity (Wildman–Crippen MR) is 54.2 cm³/mol. The molecule has 1 rings (SSSR count). The van der Waals surface area contributed by atoms with Crippen LogP contribution in [0.15, 0.2) is 0 Å². The van der Waals surface area contributed by atoms with E-state index in [1.165, 1.54) is 10.6 Å². The van der Waals surface area contributed by atoms with Gasteiger partial charge < -0.3 is 10.4 Å². The number of amides is 1. The van der Waals surface area contributed by atoms with Crippen LogP contribution in [0.25, 0.3) is 0 Å². The predicted octanol–water partition coefficient (Wildman–Crippen LogP) is -0.707. The molecule has 1 aliphatic rings. The molecule has 1 heterocycles. The molecule has 2 N–H and O–H groups in total. The van der Waals surface area contributed by atoms with Gasteiger partial charge in [0.1, 0.15) is 0 Å². The Kier molecular flexibility index (Phi) is 3.46. The molecule has 1 fully saturated rings. The zero-order valence-electron chi connectivity index (χ0n) is 8.65. The maximum atomic E-state index is 11.4. The SMILES string of the molecule is CCN(S(C)=O)C1(C(=O)O)CCC(=O)N1. The molecule has 0 saturated carbocycles. The van der Waals surface area contributed by atoms with Crippen molar-refractivity contribution in [2.45, 2.75) is 25.4 Å². The summed E-state index contributed by atoms with van der Waals surface area (Å²) in [5.74, 6) is -1.48. The van der Waals surface area contributed by atoms with Crippen molar-refractivity contribution in [3.8, 4) is 0 Å². The summed E-state index contributed by atoms with van der Waals surface area (Å²) in [5.41, 5.74) is -1.49. The molecule has 0 bridgehead atoms. The number of aliphatic carboxylic acids is 1. The average molecular weight is 234 g/mol. The average Bonchev–Trinajstić information content (AvgIpc) is 2.49. The summed E-state index contributed by atoms with van der Waals surface area (Å²) in [6.07, 6.45) is 1.70.